The zero-order valence-corrected chi connectivity index (χ0v) is 14.6. The molecule has 0 spiro atoms. The SMILES string of the molecule is COC(=O)[C@@H](NS(=O)(=O)c1cc(C(=O)O)sc1Br)C(C)C. The van der Waals surface area contributed by atoms with Gasteiger partial charge in [-0.3, -0.25) is 4.79 Å². The topological polar surface area (TPSA) is 110 Å². The second-order valence-corrected chi connectivity index (χ2v) is 8.47. The first kappa shape index (κ1) is 18.1. The first-order chi connectivity index (χ1) is 9.60. The Labute approximate surface area is 134 Å². The lowest BCUT2D eigenvalue weighted by molar-refractivity contribution is -0.143. The van der Waals surface area contributed by atoms with Crippen molar-refractivity contribution < 1.29 is 27.9 Å². The first-order valence-electron chi connectivity index (χ1n) is 5.73. The van der Waals surface area contributed by atoms with Crippen LogP contribution in [0, 0.1) is 5.92 Å². The molecule has 0 aromatic carbocycles. The molecule has 1 aromatic rings. The van der Waals surface area contributed by atoms with Crippen molar-refractivity contribution in [3.05, 3.63) is 14.7 Å². The number of sulfonamides is 1. The van der Waals surface area contributed by atoms with Gasteiger partial charge in [-0.15, -0.1) is 11.3 Å². The van der Waals surface area contributed by atoms with Gasteiger partial charge in [0.15, 0.2) is 0 Å². The maximum Gasteiger partial charge on any atom is 0.345 e. The lowest BCUT2D eigenvalue weighted by atomic mass is 10.1. The number of carboxylic acid groups (broad SMARTS) is 1. The molecule has 1 rings (SSSR count). The molecule has 1 heterocycles. The fourth-order valence-electron chi connectivity index (χ4n) is 1.45. The fraction of sp³-hybridized carbons (Fsp3) is 0.455. The number of carbonyl (C=O) groups excluding carboxylic acids is 1. The molecule has 118 valence electrons. The summed E-state index contributed by atoms with van der Waals surface area (Å²) in [5.41, 5.74) is 0. The standard InChI is InChI=1S/C11H14BrNO6S2/c1-5(2)8(11(16)19-3)13-21(17,18)7-4-6(10(14)15)20-9(7)12/h4-5,8,13H,1-3H3,(H,14,15)/t8-/m0/s1. The van der Waals surface area contributed by atoms with Crippen molar-refractivity contribution in [1.29, 1.82) is 0 Å². The van der Waals surface area contributed by atoms with E-state index in [9.17, 15) is 18.0 Å². The Morgan fingerprint density at radius 2 is 2.00 bits per heavy atom. The number of methoxy groups -OCH3 is 1. The Hall–Kier alpha value is -0.970. The van der Waals surface area contributed by atoms with Gasteiger partial charge < -0.3 is 9.84 Å². The van der Waals surface area contributed by atoms with Gasteiger partial charge in [-0.2, -0.15) is 4.72 Å². The predicted molar refractivity (Wildman–Crippen MR) is 79.9 cm³/mol. The molecule has 0 amide bonds. The van der Waals surface area contributed by atoms with Crippen molar-refractivity contribution >= 4 is 49.2 Å². The predicted octanol–water partition coefficient (Wildman–Crippen LogP) is 1.68. The van der Waals surface area contributed by atoms with Crippen LogP contribution in [-0.2, 0) is 19.6 Å². The van der Waals surface area contributed by atoms with Crippen molar-refractivity contribution in [3.63, 3.8) is 0 Å². The Bertz CT molecular complexity index is 652. The van der Waals surface area contributed by atoms with Crippen molar-refractivity contribution in [2.45, 2.75) is 24.8 Å². The number of aromatic carboxylic acids is 1. The number of carboxylic acids is 1. The average molecular weight is 400 g/mol. The number of hydrogen-bond donors (Lipinski definition) is 2. The zero-order valence-electron chi connectivity index (χ0n) is 11.4. The van der Waals surface area contributed by atoms with E-state index < -0.39 is 28.0 Å². The van der Waals surface area contributed by atoms with Crippen LogP contribution in [0.25, 0.3) is 0 Å². The molecule has 0 fully saturated rings. The smallest absolute Gasteiger partial charge is 0.345 e. The highest BCUT2D eigenvalue weighted by molar-refractivity contribution is 9.11. The molecule has 1 atom stereocenters. The fourth-order valence-corrected chi connectivity index (χ4v) is 5.19. The van der Waals surface area contributed by atoms with E-state index in [1.54, 1.807) is 13.8 Å². The van der Waals surface area contributed by atoms with E-state index in [0.29, 0.717) is 0 Å². The van der Waals surface area contributed by atoms with Crippen LogP contribution in [-0.4, -0.2) is 38.6 Å². The largest absolute Gasteiger partial charge is 0.477 e. The summed E-state index contributed by atoms with van der Waals surface area (Å²) < 4.78 is 31.5. The molecule has 0 saturated heterocycles. The molecule has 2 N–H and O–H groups in total. The quantitative estimate of drug-likeness (QED) is 0.704. The molecule has 0 bridgehead atoms. The number of nitrogens with one attached hydrogen (secondary N) is 1. The van der Waals surface area contributed by atoms with Crippen LogP contribution in [0.1, 0.15) is 23.5 Å². The third kappa shape index (κ3) is 4.25. The van der Waals surface area contributed by atoms with Gasteiger partial charge in [0.25, 0.3) is 0 Å². The van der Waals surface area contributed by atoms with Crippen LogP contribution >= 0.6 is 27.3 Å². The van der Waals surface area contributed by atoms with Crippen LogP contribution in [0.3, 0.4) is 0 Å². The number of halogens is 1. The van der Waals surface area contributed by atoms with Crippen molar-refractivity contribution in [2.75, 3.05) is 7.11 Å². The van der Waals surface area contributed by atoms with Gasteiger partial charge in [0, 0.05) is 0 Å². The molecular weight excluding hydrogens is 386 g/mol. The van der Waals surface area contributed by atoms with Gasteiger partial charge in [0.1, 0.15) is 15.8 Å². The van der Waals surface area contributed by atoms with Crippen LogP contribution < -0.4 is 4.72 Å². The molecule has 7 nitrogen and oxygen atoms in total. The number of thiophene rings is 1. The Morgan fingerprint density at radius 3 is 2.38 bits per heavy atom. The van der Waals surface area contributed by atoms with Gasteiger partial charge >= 0.3 is 11.9 Å². The Morgan fingerprint density at radius 1 is 1.43 bits per heavy atom. The third-order valence-electron chi connectivity index (χ3n) is 2.56. The van der Waals surface area contributed by atoms with Crippen LogP contribution in [0.15, 0.2) is 14.7 Å². The highest BCUT2D eigenvalue weighted by Gasteiger charge is 2.31. The summed E-state index contributed by atoms with van der Waals surface area (Å²) in [6, 6.07) is -0.0197. The van der Waals surface area contributed by atoms with Crippen molar-refractivity contribution in [1.82, 2.24) is 4.72 Å². The first-order valence-corrected chi connectivity index (χ1v) is 8.82. The van der Waals surface area contributed by atoms with Crippen molar-refractivity contribution in [2.24, 2.45) is 5.92 Å². The minimum absolute atomic E-state index is 0.124. The highest BCUT2D eigenvalue weighted by Crippen LogP contribution is 2.32. The van der Waals surface area contributed by atoms with Gasteiger partial charge in [-0.05, 0) is 27.9 Å². The summed E-state index contributed by atoms with van der Waals surface area (Å²) in [5, 5.41) is 8.88. The Kier molecular flexibility index (Phi) is 5.91. The number of esters is 1. The number of hydrogen-bond acceptors (Lipinski definition) is 6. The second-order valence-electron chi connectivity index (χ2n) is 4.42. The molecule has 0 aliphatic heterocycles. The lowest BCUT2D eigenvalue weighted by Crippen LogP contribution is -2.44. The summed E-state index contributed by atoms with van der Waals surface area (Å²) in [5.74, 6) is -2.27. The van der Waals surface area contributed by atoms with E-state index >= 15 is 0 Å². The van der Waals surface area contributed by atoms with E-state index in [-0.39, 0.29) is 19.5 Å². The van der Waals surface area contributed by atoms with E-state index in [0.717, 1.165) is 24.5 Å². The normalized spacial score (nSPS) is 13.2. The van der Waals surface area contributed by atoms with E-state index in [1.807, 2.05) is 0 Å². The monoisotopic (exact) mass is 399 g/mol. The molecule has 0 aliphatic rings. The van der Waals surface area contributed by atoms with Crippen LogP contribution in [0.4, 0.5) is 0 Å². The summed E-state index contributed by atoms with van der Waals surface area (Å²) in [6.07, 6.45) is 0. The van der Waals surface area contributed by atoms with E-state index in [1.165, 1.54) is 0 Å². The van der Waals surface area contributed by atoms with Crippen LogP contribution in [0.5, 0.6) is 0 Å². The minimum Gasteiger partial charge on any atom is -0.477 e. The molecule has 21 heavy (non-hydrogen) atoms. The lowest BCUT2D eigenvalue weighted by Gasteiger charge is -2.19. The molecule has 0 saturated carbocycles. The molecule has 0 unspecified atom stereocenters. The summed E-state index contributed by atoms with van der Waals surface area (Å²) in [4.78, 5) is 22.1. The minimum atomic E-state index is -4.05. The molecule has 0 radical (unpaired) electrons. The maximum absolute atomic E-state index is 12.3. The third-order valence-corrected chi connectivity index (χ3v) is 6.24. The number of carbonyl (C=O) groups is 2. The Balaban J connectivity index is 3.16. The molecular formula is C11H14BrNO6S2. The van der Waals surface area contributed by atoms with Crippen molar-refractivity contribution in [3.8, 4) is 0 Å². The molecule has 0 aliphatic carbocycles. The van der Waals surface area contributed by atoms with E-state index in [4.69, 9.17) is 5.11 Å². The maximum atomic E-state index is 12.3. The highest BCUT2D eigenvalue weighted by atomic mass is 79.9. The second kappa shape index (κ2) is 6.86. The van der Waals surface area contributed by atoms with Gasteiger partial charge in [-0.25, -0.2) is 13.2 Å². The molecule has 10 heteroatoms. The summed E-state index contributed by atoms with van der Waals surface area (Å²) in [6.45, 7) is 3.32. The van der Waals surface area contributed by atoms with E-state index in [2.05, 4.69) is 25.4 Å². The number of rotatable bonds is 6. The van der Waals surface area contributed by atoms with Gasteiger partial charge in [0.05, 0.1) is 10.9 Å². The zero-order chi connectivity index (χ0) is 16.4. The average Bonchev–Trinajstić information content (AvgIpc) is 2.78. The summed E-state index contributed by atoms with van der Waals surface area (Å²) >= 11 is 3.80. The van der Waals surface area contributed by atoms with Gasteiger partial charge in [-0.1, -0.05) is 13.8 Å². The number of ether oxygens (including phenoxy) is 1. The molecule has 1 aromatic heterocycles. The van der Waals surface area contributed by atoms with Crippen LogP contribution in [0.2, 0.25) is 0 Å². The summed E-state index contributed by atoms with van der Waals surface area (Å²) in [7, 11) is -2.89. The van der Waals surface area contributed by atoms with Gasteiger partial charge in [0.2, 0.25) is 10.0 Å².